The zero-order chi connectivity index (χ0) is 23.8. The Hall–Kier alpha value is -3.55. The maximum Gasteiger partial charge on any atom is 0.410 e. The summed E-state index contributed by atoms with van der Waals surface area (Å²) in [5, 5.41) is 12.3. The number of nitrogens with zero attached hydrogens (tertiary/aromatic N) is 1. The summed E-state index contributed by atoms with van der Waals surface area (Å²) < 4.78 is 10.8. The molecule has 174 valence electrons. The topological polar surface area (TPSA) is 105 Å². The molecule has 0 unspecified atom stereocenters. The molecule has 0 aromatic heterocycles. The fourth-order valence-electron chi connectivity index (χ4n) is 4.45. The lowest BCUT2D eigenvalue weighted by molar-refractivity contribution is -0.144. The maximum atomic E-state index is 12.7. The van der Waals surface area contributed by atoms with Crippen molar-refractivity contribution in [1.82, 2.24) is 10.2 Å². The number of nitrogens with one attached hydrogen (secondary N) is 1. The molecule has 8 nitrogen and oxygen atoms in total. The Balaban J connectivity index is 1.43. The van der Waals surface area contributed by atoms with Crippen LogP contribution in [0.5, 0.6) is 0 Å². The van der Waals surface area contributed by atoms with Crippen LogP contribution in [0.4, 0.5) is 9.59 Å². The molecule has 1 saturated heterocycles. The van der Waals surface area contributed by atoms with Crippen molar-refractivity contribution in [1.29, 1.82) is 0 Å². The number of hydrogen-bond donors (Lipinski definition) is 2. The molecule has 0 spiro atoms. The van der Waals surface area contributed by atoms with E-state index in [1.165, 1.54) is 4.90 Å². The molecule has 2 aliphatic rings. The van der Waals surface area contributed by atoms with Gasteiger partial charge in [-0.3, -0.25) is 0 Å². The van der Waals surface area contributed by atoms with Crippen LogP contribution in [0.15, 0.2) is 48.5 Å². The Morgan fingerprint density at radius 1 is 1.06 bits per heavy atom. The van der Waals surface area contributed by atoms with E-state index in [1.807, 2.05) is 48.5 Å². The molecule has 1 aliphatic heterocycles. The second-order valence-electron chi connectivity index (χ2n) is 9.49. The summed E-state index contributed by atoms with van der Waals surface area (Å²) in [5.41, 5.74) is 2.01. The lowest BCUT2D eigenvalue weighted by Gasteiger charge is -2.27. The van der Waals surface area contributed by atoms with Crippen molar-refractivity contribution < 1.29 is 29.0 Å². The molecule has 1 fully saturated rings. The molecule has 4 rings (SSSR count). The second-order valence-corrected chi connectivity index (χ2v) is 9.49. The quantitative estimate of drug-likeness (QED) is 0.727. The van der Waals surface area contributed by atoms with Gasteiger partial charge in [-0.15, -0.1) is 0 Å². The minimum atomic E-state index is -1.63. The molecule has 2 N–H and O–H groups in total. The largest absolute Gasteiger partial charge is 0.479 e. The van der Waals surface area contributed by atoms with E-state index in [4.69, 9.17) is 9.47 Å². The standard InChI is InChI=1S/C25H28N2O6/c1-24(2,3)33-23(31)27-13-12-25(15-27,21(28)29)26-22(30)32-14-20-18-10-6-4-8-16(18)17-9-5-7-11-19(17)20/h4-11,20H,12-15H2,1-3H3,(H,26,30)(H,28,29)/t25-/m1/s1. The van der Waals surface area contributed by atoms with Crippen molar-refractivity contribution in [3.63, 3.8) is 0 Å². The van der Waals surface area contributed by atoms with Crippen molar-refractivity contribution in [3.05, 3.63) is 59.7 Å². The minimum Gasteiger partial charge on any atom is -0.479 e. The number of aliphatic carboxylic acids is 1. The van der Waals surface area contributed by atoms with Gasteiger partial charge in [0.1, 0.15) is 12.2 Å². The number of carbonyl (C=O) groups excluding carboxylic acids is 2. The summed E-state index contributed by atoms with van der Waals surface area (Å²) in [4.78, 5) is 38.4. The minimum absolute atomic E-state index is 0.0613. The highest BCUT2D eigenvalue weighted by atomic mass is 16.6. The van der Waals surface area contributed by atoms with Crippen LogP contribution in [0, 0.1) is 0 Å². The number of amides is 2. The monoisotopic (exact) mass is 452 g/mol. The number of ether oxygens (including phenoxy) is 2. The van der Waals surface area contributed by atoms with Crippen molar-refractivity contribution in [2.45, 2.75) is 44.2 Å². The third kappa shape index (κ3) is 4.51. The van der Waals surface area contributed by atoms with Crippen LogP contribution in [0.1, 0.15) is 44.2 Å². The molecule has 0 radical (unpaired) electrons. The van der Waals surface area contributed by atoms with E-state index in [1.54, 1.807) is 20.8 Å². The van der Waals surface area contributed by atoms with Gasteiger partial charge in [0, 0.05) is 18.9 Å². The molecule has 1 heterocycles. The van der Waals surface area contributed by atoms with Gasteiger partial charge in [-0.1, -0.05) is 48.5 Å². The van der Waals surface area contributed by atoms with Crippen LogP contribution in [0.25, 0.3) is 11.1 Å². The van der Waals surface area contributed by atoms with Crippen molar-refractivity contribution in [2.75, 3.05) is 19.7 Å². The predicted molar refractivity (Wildman–Crippen MR) is 121 cm³/mol. The van der Waals surface area contributed by atoms with Crippen molar-refractivity contribution >= 4 is 18.2 Å². The van der Waals surface area contributed by atoms with Crippen LogP contribution < -0.4 is 5.32 Å². The van der Waals surface area contributed by atoms with Gasteiger partial charge in [0.25, 0.3) is 0 Å². The average molecular weight is 453 g/mol. The van der Waals surface area contributed by atoms with Gasteiger partial charge in [-0.2, -0.15) is 0 Å². The van der Waals surface area contributed by atoms with Gasteiger partial charge in [0.2, 0.25) is 0 Å². The zero-order valence-corrected chi connectivity index (χ0v) is 19.0. The lowest BCUT2D eigenvalue weighted by atomic mass is 9.98. The van der Waals surface area contributed by atoms with Gasteiger partial charge in [-0.25, -0.2) is 14.4 Å². The highest BCUT2D eigenvalue weighted by molar-refractivity contribution is 5.86. The predicted octanol–water partition coefficient (Wildman–Crippen LogP) is 3.99. The number of likely N-dealkylation sites (tertiary alicyclic amines) is 1. The van der Waals surface area contributed by atoms with E-state index in [2.05, 4.69) is 5.32 Å². The summed E-state index contributed by atoms with van der Waals surface area (Å²) in [6.45, 7) is 5.25. The molecule has 8 heteroatoms. The molecule has 0 saturated carbocycles. The van der Waals surface area contributed by atoms with Crippen LogP contribution in [0.3, 0.4) is 0 Å². The Labute approximate surface area is 192 Å². The van der Waals surface area contributed by atoms with Gasteiger partial charge in [-0.05, 0) is 43.0 Å². The summed E-state index contributed by atoms with van der Waals surface area (Å²) in [6, 6.07) is 15.9. The SMILES string of the molecule is CC(C)(C)OC(=O)N1CC[C@](NC(=O)OCC2c3ccccc3-c3ccccc32)(C(=O)O)C1. The van der Waals surface area contributed by atoms with Crippen LogP contribution in [0.2, 0.25) is 0 Å². The molecule has 2 amide bonds. The van der Waals surface area contributed by atoms with E-state index in [0.717, 1.165) is 22.3 Å². The van der Waals surface area contributed by atoms with Crippen molar-refractivity contribution in [3.8, 4) is 11.1 Å². The van der Waals surface area contributed by atoms with Crippen LogP contribution >= 0.6 is 0 Å². The summed E-state index contributed by atoms with van der Waals surface area (Å²) in [6.07, 6.45) is -1.38. The number of carboxylic acid groups (broad SMARTS) is 1. The Kier molecular flexibility index (Phi) is 5.78. The Bertz CT molecular complexity index is 1050. The highest BCUT2D eigenvalue weighted by Gasteiger charge is 2.49. The third-order valence-electron chi connectivity index (χ3n) is 6.02. The molecule has 33 heavy (non-hydrogen) atoms. The fourth-order valence-corrected chi connectivity index (χ4v) is 4.45. The molecular formula is C25H28N2O6. The number of hydrogen-bond acceptors (Lipinski definition) is 5. The van der Waals surface area contributed by atoms with Crippen LogP contribution in [-0.4, -0.2) is 59.0 Å². The third-order valence-corrected chi connectivity index (χ3v) is 6.02. The number of carbonyl (C=O) groups is 3. The molecule has 1 aliphatic carbocycles. The number of rotatable bonds is 4. The first-order chi connectivity index (χ1) is 15.6. The van der Waals surface area contributed by atoms with E-state index < -0.39 is 29.3 Å². The summed E-state index contributed by atoms with van der Waals surface area (Å²) in [5.74, 6) is -1.35. The first-order valence-electron chi connectivity index (χ1n) is 10.9. The number of benzene rings is 2. The average Bonchev–Trinajstić information content (AvgIpc) is 3.32. The molecule has 0 bridgehead atoms. The molecule has 2 aromatic carbocycles. The van der Waals surface area contributed by atoms with Gasteiger partial charge < -0.3 is 24.8 Å². The van der Waals surface area contributed by atoms with Crippen molar-refractivity contribution in [2.24, 2.45) is 0 Å². The van der Waals surface area contributed by atoms with Gasteiger partial charge in [0.05, 0.1) is 6.54 Å². The Morgan fingerprint density at radius 2 is 1.64 bits per heavy atom. The van der Waals surface area contributed by atoms with E-state index in [-0.39, 0.29) is 32.0 Å². The molecule has 2 aromatic rings. The summed E-state index contributed by atoms with van der Waals surface area (Å²) in [7, 11) is 0. The summed E-state index contributed by atoms with van der Waals surface area (Å²) >= 11 is 0. The van der Waals surface area contributed by atoms with E-state index in [9.17, 15) is 19.5 Å². The number of carboxylic acids is 1. The molecule has 1 atom stereocenters. The van der Waals surface area contributed by atoms with E-state index >= 15 is 0 Å². The van der Waals surface area contributed by atoms with Gasteiger partial charge >= 0.3 is 18.2 Å². The van der Waals surface area contributed by atoms with Crippen LogP contribution in [-0.2, 0) is 14.3 Å². The first-order valence-corrected chi connectivity index (χ1v) is 10.9. The molecular weight excluding hydrogens is 424 g/mol. The Morgan fingerprint density at radius 3 is 2.18 bits per heavy atom. The zero-order valence-electron chi connectivity index (χ0n) is 19.0. The lowest BCUT2D eigenvalue weighted by Crippen LogP contribution is -2.57. The second kappa shape index (κ2) is 8.42. The van der Waals surface area contributed by atoms with Gasteiger partial charge in [0.15, 0.2) is 5.54 Å². The fraction of sp³-hybridized carbons (Fsp3) is 0.400. The first kappa shape index (κ1) is 22.6. The number of fused-ring (bicyclic) bond motifs is 3. The smallest absolute Gasteiger partial charge is 0.410 e. The maximum absolute atomic E-state index is 12.7. The normalized spacial score (nSPS) is 19.5. The highest BCUT2D eigenvalue weighted by Crippen LogP contribution is 2.44. The van der Waals surface area contributed by atoms with E-state index in [0.29, 0.717) is 0 Å². The number of alkyl carbamates (subject to hydrolysis) is 1.